The van der Waals surface area contributed by atoms with Gasteiger partial charge in [-0.05, 0) is 20.8 Å². The van der Waals surface area contributed by atoms with Gasteiger partial charge in [-0.1, -0.05) is 30.7 Å². The summed E-state index contributed by atoms with van der Waals surface area (Å²) < 4.78 is 0. The Kier molecular flexibility index (Phi) is 1.72. The van der Waals surface area contributed by atoms with E-state index >= 15 is 0 Å². The van der Waals surface area contributed by atoms with Gasteiger partial charge in [0.25, 0.3) is 0 Å². The molecule has 2 atom stereocenters. The fourth-order valence-corrected chi connectivity index (χ4v) is 1.45. The van der Waals surface area contributed by atoms with E-state index in [1.807, 2.05) is 0 Å². The number of nitrogens with two attached hydrogens (primary N) is 1. The van der Waals surface area contributed by atoms with Crippen molar-refractivity contribution in [2.24, 2.45) is 11.1 Å². The van der Waals surface area contributed by atoms with Crippen molar-refractivity contribution in [2.45, 2.75) is 33.2 Å². The molecular weight excluding hydrogens is 134 g/mol. The Labute approximate surface area is 69.0 Å². The van der Waals surface area contributed by atoms with E-state index in [0.29, 0.717) is 0 Å². The van der Waals surface area contributed by atoms with Gasteiger partial charge in [0.2, 0.25) is 0 Å². The molecule has 62 valence electrons. The molecule has 2 N–H and O–H groups in total. The van der Waals surface area contributed by atoms with Crippen LogP contribution in [0.25, 0.3) is 0 Å². The zero-order valence-corrected chi connectivity index (χ0v) is 7.81. The van der Waals surface area contributed by atoms with Crippen LogP contribution in [0, 0.1) is 5.41 Å². The molecular formula is C10H17N. The third kappa shape index (κ3) is 0.951. The molecule has 0 amide bonds. The van der Waals surface area contributed by atoms with E-state index in [0.717, 1.165) is 0 Å². The van der Waals surface area contributed by atoms with Gasteiger partial charge in [-0.2, -0.15) is 0 Å². The van der Waals surface area contributed by atoms with Gasteiger partial charge in [0, 0.05) is 11.0 Å². The average Bonchev–Trinajstić information content (AvgIpc) is 1.99. The van der Waals surface area contributed by atoms with Crippen LogP contribution in [0.1, 0.15) is 27.7 Å². The van der Waals surface area contributed by atoms with E-state index in [9.17, 15) is 0 Å². The summed E-state index contributed by atoms with van der Waals surface area (Å²) in [5.41, 5.74) is 7.34. The largest absolute Gasteiger partial charge is 0.321 e. The van der Waals surface area contributed by atoms with E-state index < -0.39 is 0 Å². The highest BCUT2D eigenvalue weighted by molar-refractivity contribution is 5.38. The first-order valence-corrected chi connectivity index (χ1v) is 4.07. The summed E-state index contributed by atoms with van der Waals surface area (Å²) in [4.78, 5) is 0. The lowest BCUT2D eigenvalue weighted by Gasteiger charge is -2.48. The van der Waals surface area contributed by atoms with Crippen molar-refractivity contribution < 1.29 is 0 Å². The number of hydrogen-bond donors (Lipinski definition) is 1. The first-order chi connectivity index (χ1) is 4.94. The lowest BCUT2D eigenvalue weighted by Crippen LogP contribution is -2.55. The SMILES string of the molecule is C/C=C(\C)[C@@]1(C)C=CC1(C)N. The Morgan fingerprint density at radius 2 is 1.91 bits per heavy atom. The van der Waals surface area contributed by atoms with Crippen LogP contribution >= 0.6 is 0 Å². The third-order valence-electron chi connectivity index (χ3n) is 3.13. The Morgan fingerprint density at radius 3 is 2.00 bits per heavy atom. The molecule has 1 aliphatic carbocycles. The molecule has 0 bridgehead atoms. The minimum absolute atomic E-state index is 0.0851. The van der Waals surface area contributed by atoms with Crippen LogP contribution in [0.15, 0.2) is 23.8 Å². The Hall–Kier alpha value is -0.560. The van der Waals surface area contributed by atoms with Crippen LogP contribution in [-0.2, 0) is 0 Å². The van der Waals surface area contributed by atoms with Gasteiger partial charge in [0.15, 0.2) is 0 Å². The molecule has 11 heavy (non-hydrogen) atoms. The van der Waals surface area contributed by atoms with E-state index in [1.165, 1.54) is 5.57 Å². The standard InChI is InChI=1S/C10H17N/c1-5-8(2)9(3)6-7-10(9,4)11/h5-7H,11H2,1-4H3/b8-5+/t9-,10?/m1/s1. The summed E-state index contributed by atoms with van der Waals surface area (Å²) in [6, 6.07) is 0. The molecule has 0 spiro atoms. The smallest absolute Gasteiger partial charge is 0.0438 e. The van der Waals surface area contributed by atoms with Crippen LogP contribution in [0.4, 0.5) is 0 Å². The summed E-state index contributed by atoms with van der Waals surface area (Å²) in [5.74, 6) is 0. The van der Waals surface area contributed by atoms with E-state index in [-0.39, 0.29) is 11.0 Å². The second kappa shape index (κ2) is 2.21. The van der Waals surface area contributed by atoms with Gasteiger partial charge in [-0.3, -0.25) is 0 Å². The minimum atomic E-state index is -0.149. The predicted octanol–water partition coefficient (Wildman–Crippen LogP) is 2.25. The Morgan fingerprint density at radius 1 is 1.36 bits per heavy atom. The molecule has 0 heterocycles. The van der Waals surface area contributed by atoms with Crippen molar-refractivity contribution in [3.63, 3.8) is 0 Å². The van der Waals surface area contributed by atoms with E-state index in [4.69, 9.17) is 5.73 Å². The van der Waals surface area contributed by atoms with E-state index in [2.05, 4.69) is 45.9 Å². The first kappa shape index (κ1) is 8.54. The molecule has 0 aliphatic heterocycles. The van der Waals surface area contributed by atoms with Crippen molar-refractivity contribution in [1.82, 2.24) is 0 Å². The zero-order chi connectivity index (χ0) is 8.70. The minimum Gasteiger partial charge on any atom is -0.321 e. The first-order valence-electron chi connectivity index (χ1n) is 4.07. The maximum absolute atomic E-state index is 6.05. The van der Waals surface area contributed by atoms with Gasteiger partial charge >= 0.3 is 0 Å². The number of rotatable bonds is 1. The topological polar surface area (TPSA) is 26.0 Å². The molecule has 1 unspecified atom stereocenters. The second-order valence-electron chi connectivity index (χ2n) is 3.79. The number of allylic oxidation sites excluding steroid dienone is 1. The summed E-state index contributed by atoms with van der Waals surface area (Å²) in [7, 11) is 0. The zero-order valence-electron chi connectivity index (χ0n) is 7.81. The van der Waals surface area contributed by atoms with Gasteiger partial charge in [0.05, 0.1) is 0 Å². The summed E-state index contributed by atoms with van der Waals surface area (Å²) in [6.45, 7) is 8.44. The Balaban J connectivity index is 2.97. The average molecular weight is 151 g/mol. The maximum Gasteiger partial charge on any atom is 0.0438 e. The molecule has 0 saturated heterocycles. The van der Waals surface area contributed by atoms with Crippen molar-refractivity contribution in [2.75, 3.05) is 0 Å². The molecule has 1 nitrogen and oxygen atoms in total. The van der Waals surface area contributed by atoms with Crippen molar-refractivity contribution in [1.29, 1.82) is 0 Å². The predicted molar refractivity (Wildman–Crippen MR) is 49.3 cm³/mol. The van der Waals surface area contributed by atoms with Crippen molar-refractivity contribution in [3.8, 4) is 0 Å². The van der Waals surface area contributed by atoms with Crippen LogP contribution in [0.3, 0.4) is 0 Å². The lowest BCUT2D eigenvalue weighted by atomic mass is 9.60. The summed E-state index contributed by atoms with van der Waals surface area (Å²) in [5, 5.41) is 0. The van der Waals surface area contributed by atoms with Crippen LogP contribution in [0.5, 0.6) is 0 Å². The molecule has 1 heteroatoms. The monoisotopic (exact) mass is 151 g/mol. The van der Waals surface area contributed by atoms with Crippen LogP contribution < -0.4 is 5.73 Å². The van der Waals surface area contributed by atoms with Gasteiger partial charge in [0.1, 0.15) is 0 Å². The fourth-order valence-electron chi connectivity index (χ4n) is 1.45. The molecule has 1 aliphatic rings. The number of hydrogen-bond acceptors (Lipinski definition) is 1. The fraction of sp³-hybridized carbons (Fsp3) is 0.600. The highest BCUT2D eigenvalue weighted by atomic mass is 14.8. The highest BCUT2D eigenvalue weighted by Gasteiger charge is 2.45. The molecule has 0 fully saturated rings. The lowest BCUT2D eigenvalue weighted by molar-refractivity contribution is 0.287. The second-order valence-corrected chi connectivity index (χ2v) is 3.79. The highest BCUT2D eigenvalue weighted by Crippen LogP contribution is 2.46. The van der Waals surface area contributed by atoms with Gasteiger partial charge < -0.3 is 5.73 Å². The van der Waals surface area contributed by atoms with Crippen molar-refractivity contribution >= 4 is 0 Å². The third-order valence-corrected chi connectivity index (χ3v) is 3.13. The molecule has 0 aromatic rings. The molecule has 0 radical (unpaired) electrons. The molecule has 0 saturated carbocycles. The van der Waals surface area contributed by atoms with Crippen molar-refractivity contribution in [3.05, 3.63) is 23.8 Å². The van der Waals surface area contributed by atoms with Gasteiger partial charge in [-0.15, -0.1) is 0 Å². The van der Waals surface area contributed by atoms with Gasteiger partial charge in [-0.25, -0.2) is 0 Å². The van der Waals surface area contributed by atoms with Crippen LogP contribution in [-0.4, -0.2) is 5.54 Å². The summed E-state index contributed by atoms with van der Waals surface area (Å²) >= 11 is 0. The molecule has 1 rings (SSSR count). The molecule has 0 aromatic carbocycles. The quantitative estimate of drug-likeness (QED) is 0.571. The van der Waals surface area contributed by atoms with E-state index in [1.54, 1.807) is 0 Å². The maximum atomic E-state index is 6.05. The Bertz CT molecular complexity index is 223. The summed E-state index contributed by atoms with van der Waals surface area (Å²) in [6.07, 6.45) is 6.39. The normalized spacial score (nSPS) is 43.9. The molecule has 0 aromatic heterocycles. The van der Waals surface area contributed by atoms with Crippen LogP contribution in [0.2, 0.25) is 0 Å².